The molecule has 3 fully saturated rings. The first kappa shape index (κ1) is 25.3. The number of fused-ring (bicyclic) bond motifs is 5. The second kappa shape index (κ2) is 9.67. The maximum atomic E-state index is 12.1. The van der Waals surface area contributed by atoms with Crippen molar-refractivity contribution >= 4 is 5.97 Å². The van der Waals surface area contributed by atoms with Gasteiger partial charge in [-0.2, -0.15) is 0 Å². The van der Waals surface area contributed by atoms with E-state index >= 15 is 0 Å². The van der Waals surface area contributed by atoms with Gasteiger partial charge in [-0.3, -0.25) is 4.79 Å². The number of carbonyl (C=O) groups excluding carboxylic acids is 1. The molecule has 4 aliphatic carbocycles. The summed E-state index contributed by atoms with van der Waals surface area (Å²) in [4.78, 5) is 12.1. The molecule has 0 N–H and O–H groups in total. The lowest BCUT2D eigenvalue weighted by atomic mass is 9.46. The van der Waals surface area contributed by atoms with Gasteiger partial charge in [0.15, 0.2) is 0 Å². The Morgan fingerprint density at radius 3 is 2.48 bits per heavy atom. The van der Waals surface area contributed by atoms with Crippen molar-refractivity contribution in [2.45, 2.75) is 118 Å². The summed E-state index contributed by atoms with van der Waals surface area (Å²) < 4.78 is 11.8. The number of ether oxygens (including phenoxy) is 2. The molecule has 0 aromatic rings. The fraction of sp³-hybridized carbons (Fsp3) is 0.900. The lowest BCUT2D eigenvalue weighted by molar-refractivity contribution is -0.153. The van der Waals surface area contributed by atoms with Crippen molar-refractivity contribution < 1.29 is 14.3 Å². The van der Waals surface area contributed by atoms with E-state index in [9.17, 15) is 4.79 Å². The van der Waals surface area contributed by atoms with E-state index in [2.05, 4.69) is 40.7 Å². The number of rotatable bonds is 7. The van der Waals surface area contributed by atoms with Gasteiger partial charge in [0.1, 0.15) is 6.10 Å². The third-order valence-electron chi connectivity index (χ3n) is 10.9. The highest BCUT2D eigenvalue weighted by Gasteiger charge is 2.61. The molecule has 3 saturated carbocycles. The quantitative estimate of drug-likeness (QED) is 0.291. The Hall–Kier alpha value is -0.830. The molecule has 9 atom stereocenters. The maximum Gasteiger partial charge on any atom is 0.303 e. The van der Waals surface area contributed by atoms with Crippen LogP contribution in [-0.2, 0) is 14.3 Å². The highest BCUT2D eigenvalue weighted by molar-refractivity contribution is 5.66. The summed E-state index contributed by atoms with van der Waals surface area (Å²) in [6, 6.07) is 0. The Kier molecular flexibility index (Phi) is 7.40. The fourth-order valence-corrected chi connectivity index (χ4v) is 9.24. The molecule has 4 rings (SSSR count). The molecule has 0 spiro atoms. The van der Waals surface area contributed by atoms with Gasteiger partial charge in [0.05, 0.1) is 6.10 Å². The minimum atomic E-state index is -0.136. The number of hydrogen-bond donors (Lipinski definition) is 0. The van der Waals surface area contributed by atoms with Crippen molar-refractivity contribution in [3.05, 3.63) is 11.6 Å². The molecule has 0 aromatic carbocycles. The van der Waals surface area contributed by atoms with Crippen molar-refractivity contribution in [2.24, 2.45) is 46.3 Å². The molecule has 0 amide bonds. The van der Waals surface area contributed by atoms with E-state index in [1.807, 2.05) is 7.11 Å². The van der Waals surface area contributed by atoms with Crippen LogP contribution in [0, 0.1) is 46.3 Å². The van der Waals surface area contributed by atoms with E-state index in [0.29, 0.717) is 11.3 Å². The largest absolute Gasteiger partial charge is 0.458 e. The van der Waals surface area contributed by atoms with Crippen molar-refractivity contribution in [3.63, 3.8) is 0 Å². The summed E-state index contributed by atoms with van der Waals surface area (Å²) in [5.74, 6) is 4.55. The molecule has 0 saturated heterocycles. The number of hydrogen-bond acceptors (Lipinski definition) is 3. The Bertz CT molecular complexity index is 741. The van der Waals surface area contributed by atoms with Crippen LogP contribution >= 0.6 is 0 Å². The summed E-state index contributed by atoms with van der Waals surface area (Å²) in [7, 11) is 1.81. The predicted molar refractivity (Wildman–Crippen MR) is 135 cm³/mol. The molecule has 0 radical (unpaired) electrons. The Morgan fingerprint density at radius 1 is 1.06 bits per heavy atom. The molecule has 0 bridgehead atoms. The summed E-state index contributed by atoms with van der Waals surface area (Å²) in [5, 5.41) is 0. The van der Waals surface area contributed by atoms with Crippen molar-refractivity contribution in [1.29, 1.82) is 0 Å². The van der Waals surface area contributed by atoms with Crippen LogP contribution in [0.4, 0.5) is 0 Å². The average molecular weight is 459 g/mol. The predicted octanol–water partition coefficient (Wildman–Crippen LogP) is 7.58. The molecular weight excluding hydrogens is 408 g/mol. The number of methoxy groups -OCH3 is 1. The van der Waals surface area contributed by atoms with E-state index < -0.39 is 0 Å². The summed E-state index contributed by atoms with van der Waals surface area (Å²) in [5.41, 5.74) is 1.98. The van der Waals surface area contributed by atoms with Crippen LogP contribution in [0.15, 0.2) is 11.6 Å². The molecule has 3 nitrogen and oxygen atoms in total. The molecule has 3 heteroatoms. The first-order chi connectivity index (χ1) is 15.6. The van der Waals surface area contributed by atoms with Gasteiger partial charge in [0.2, 0.25) is 0 Å². The normalized spacial score (nSPS) is 43.3. The standard InChI is InChI=1S/C30H50O3/c1-19(2)9-8-10-20(3)24-11-12-25-23-18-28(33-21(4)31)27-17-22(32-7)13-15-30(27,6)26(23)14-16-29(24,25)5/h17,19-20,22-26,28H,8-16,18H2,1-7H3/t20-,22+,23+,24-,25+,26+,28-,29-,30-/m1/s1. The van der Waals surface area contributed by atoms with Gasteiger partial charge < -0.3 is 9.47 Å². The van der Waals surface area contributed by atoms with Crippen LogP contribution in [0.25, 0.3) is 0 Å². The van der Waals surface area contributed by atoms with Crippen LogP contribution in [0.5, 0.6) is 0 Å². The maximum absolute atomic E-state index is 12.1. The van der Waals surface area contributed by atoms with Crippen molar-refractivity contribution in [1.82, 2.24) is 0 Å². The average Bonchev–Trinajstić information content (AvgIpc) is 3.10. The van der Waals surface area contributed by atoms with Crippen LogP contribution in [-0.4, -0.2) is 25.3 Å². The Morgan fingerprint density at radius 2 is 1.82 bits per heavy atom. The lowest BCUT2D eigenvalue weighted by Crippen LogP contribution is -2.55. The first-order valence-corrected chi connectivity index (χ1v) is 14.0. The zero-order chi connectivity index (χ0) is 24.0. The molecule has 188 valence electrons. The van der Waals surface area contributed by atoms with Gasteiger partial charge in [-0.05, 0) is 96.9 Å². The monoisotopic (exact) mass is 458 g/mol. The highest BCUT2D eigenvalue weighted by Crippen LogP contribution is 2.68. The van der Waals surface area contributed by atoms with Crippen LogP contribution < -0.4 is 0 Å². The number of esters is 1. The van der Waals surface area contributed by atoms with E-state index in [1.165, 1.54) is 50.5 Å². The zero-order valence-electron chi connectivity index (χ0n) is 22.5. The molecule has 4 aliphatic rings. The zero-order valence-corrected chi connectivity index (χ0v) is 22.5. The van der Waals surface area contributed by atoms with Gasteiger partial charge in [-0.15, -0.1) is 0 Å². The van der Waals surface area contributed by atoms with E-state index in [-0.39, 0.29) is 23.6 Å². The highest BCUT2D eigenvalue weighted by atomic mass is 16.5. The third-order valence-corrected chi connectivity index (χ3v) is 10.9. The molecule has 0 aliphatic heterocycles. The molecule has 33 heavy (non-hydrogen) atoms. The summed E-state index contributed by atoms with van der Waals surface area (Å²) in [6.07, 6.45) is 15.3. The smallest absolute Gasteiger partial charge is 0.303 e. The number of carbonyl (C=O) groups is 1. The van der Waals surface area contributed by atoms with Gasteiger partial charge in [0.25, 0.3) is 0 Å². The van der Waals surface area contributed by atoms with Gasteiger partial charge in [-0.25, -0.2) is 0 Å². The molecule has 0 unspecified atom stereocenters. The van der Waals surface area contributed by atoms with Crippen LogP contribution in [0.3, 0.4) is 0 Å². The molecular formula is C30H50O3. The summed E-state index contributed by atoms with van der Waals surface area (Å²) >= 11 is 0. The third kappa shape index (κ3) is 4.57. The molecule has 0 aromatic heterocycles. The van der Waals surface area contributed by atoms with Crippen LogP contribution in [0.2, 0.25) is 0 Å². The Labute approximate surface area is 203 Å². The second-order valence-electron chi connectivity index (χ2n) is 13.1. The molecule has 0 heterocycles. The van der Waals surface area contributed by atoms with Crippen molar-refractivity contribution in [3.8, 4) is 0 Å². The van der Waals surface area contributed by atoms with E-state index in [4.69, 9.17) is 9.47 Å². The Balaban J connectivity index is 1.57. The van der Waals surface area contributed by atoms with E-state index in [0.717, 1.165) is 48.9 Å². The van der Waals surface area contributed by atoms with Crippen LogP contribution in [0.1, 0.15) is 106 Å². The van der Waals surface area contributed by atoms with E-state index in [1.54, 1.807) is 6.92 Å². The summed E-state index contributed by atoms with van der Waals surface area (Å²) in [6.45, 7) is 14.0. The SMILES string of the molecule is CO[C@@H]1C=C2[C@H](OC(C)=O)C[C@H]3[C@@H]4CC[C@H]([C@H](C)CCCC(C)C)[C@@]4(C)CC[C@@H]3[C@@]2(C)CC1. The van der Waals surface area contributed by atoms with Crippen molar-refractivity contribution in [2.75, 3.05) is 7.11 Å². The minimum absolute atomic E-state index is 0.0587. The topological polar surface area (TPSA) is 35.5 Å². The fourth-order valence-electron chi connectivity index (χ4n) is 9.24. The second-order valence-corrected chi connectivity index (χ2v) is 13.1. The van der Waals surface area contributed by atoms with Gasteiger partial charge in [-0.1, -0.05) is 60.0 Å². The lowest BCUT2D eigenvalue weighted by Gasteiger charge is -2.60. The van der Waals surface area contributed by atoms with Gasteiger partial charge in [0, 0.05) is 14.0 Å². The first-order valence-electron chi connectivity index (χ1n) is 14.0. The van der Waals surface area contributed by atoms with Gasteiger partial charge >= 0.3 is 5.97 Å². The minimum Gasteiger partial charge on any atom is -0.458 e.